The van der Waals surface area contributed by atoms with Gasteiger partial charge in [-0.15, -0.1) is 0 Å². The molecule has 0 bridgehead atoms. The molecule has 0 unspecified atom stereocenters. The van der Waals surface area contributed by atoms with E-state index in [9.17, 15) is 14.0 Å². The third-order valence-electron chi connectivity index (χ3n) is 3.66. The molecule has 0 aliphatic carbocycles. The Hall–Kier alpha value is -1.99. The van der Waals surface area contributed by atoms with Crippen LogP contribution >= 0.6 is 0 Å². The molecule has 0 atom stereocenters. The monoisotopic (exact) mass is 309 g/mol. The van der Waals surface area contributed by atoms with Crippen molar-refractivity contribution in [2.75, 3.05) is 45.8 Å². The van der Waals surface area contributed by atoms with Crippen molar-refractivity contribution in [1.29, 1.82) is 0 Å². The fourth-order valence-corrected chi connectivity index (χ4v) is 2.43. The second-order valence-corrected chi connectivity index (χ2v) is 5.25. The molecular formula is C15H20FN3O3. The van der Waals surface area contributed by atoms with E-state index in [2.05, 4.69) is 10.2 Å². The zero-order chi connectivity index (χ0) is 15.9. The predicted octanol–water partition coefficient (Wildman–Crippen LogP) is 0.258. The summed E-state index contributed by atoms with van der Waals surface area (Å²) in [6.45, 7) is 4.11. The van der Waals surface area contributed by atoms with E-state index < -0.39 is 17.7 Å². The smallest absolute Gasteiger partial charge is 0.317 e. The van der Waals surface area contributed by atoms with Crippen molar-refractivity contribution in [3.63, 3.8) is 0 Å². The number of carboxylic acid groups (broad SMARTS) is 1. The van der Waals surface area contributed by atoms with E-state index in [1.165, 1.54) is 12.1 Å². The van der Waals surface area contributed by atoms with Gasteiger partial charge in [0.2, 0.25) is 0 Å². The van der Waals surface area contributed by atoms with Crippen LogP contribution in [0.15, 0.2) is 24.3 Å². The molecular weight excluding hydrogens is 289 g/mol. The fraction of sp³-hybridized carbons (Fsp3) is 0.467. The zero-order valence-corrected chi connectivity index (χ0v) is 12.3. The zero-order valence-electron chi connectivity index (χ0n) is 12.3. The first-order valence-corrected chi connectivity index (χ1v) is 7.25. The highest BCUT2D eigenvalue weighted by atomic mass is 19.1. The van der Waals surface area contributed by atoms with Gasteiger partial charge >= 0.3 is 5.97 Å². The normalized spacial score (nSPS) is 16.4. The summed E-state index contributed by atoms with van der Waals surface area (Å²) in [6.07, 6.45) is 0. The lowest BCUT2D eigenvalue weighted by Gasteiger charge is -2.33. The highest BCUT2D eigenvalue weighted by Gasteiger charge is 2.18. The summed E-state index contributed by atoms with van der Waals surface area (Å²) in [4.78, 5) is 26.5. The lowest BCUT2D eigenvalue weighted by atomic mass is 10.2. The minimum atomic E-state index is -0.814. The third kappa shape index (κ3) is 4.78. The number of piperazine rings is 1. The number of amides is 1. The van der Waals surface area contributed by atoms with Crippen LogP contribution < -0.4 is 5.32 Å². The van der Waals surface area contributed by atoms with E-state index in [-0.39, 0.29) is 12.1 Å². The van der Waals surface area contributed by atoms with Crippen LogP contribution in [0, 0.1) is 5.82 Å². The molecule has 1 saturated heterocycles. The maximum absolute atomic E-state index is 13.4. The standard InChI is InChI=1S/C15H20FN3O3/c16-13-4-2-1-3-12(13)15(22)17-5-6-18-7-9-19(10-8-18)11-14(20)21/h1-4H,5-11H2,(H,17,22)(H,20,21). The summed E-state index contributed by atoms with van der Waals surface area (Å²) in [7, 11) is 0. The average Bonchev–Trinajstić information content (AvgIpc) is 2.49. The number of nitrogens with one attached hydrogen (secondary N) is 1. The number of hydrogen-bond donors (Lipinski definition) is 2. The summed E-state index contributed by atoms with van der Waals surface area (Å²) in [5, 5.41) is 11.4. The number of carbonyl (C=O) groups excluding carboxylic acids is 1. The average molecular weight is 309 g/mol. The van der Waals surface area contributed by atoms with Crippen LogP contribution in [0.2, 0.25) is 0 Å². The number of carbonyl (C=O) groups is 2. The van der Waals surface area contributed by atoms with Gasteiger partial charge in [0.25, 0.3) is 5.91 Å². The maximum atomic E-state index is 13.4. The van der Waals surface area contributed by atoms with Crippen LogP contribution in [0.4, 0.5) is 4.39 Å². The number of aliphatic carboxylic acids is 1. The highest BCUT2D eigenvalue weighted by Crippen LogP contribution is 2.06. The first-order chi connectivity index (χ1) is 10.6. The summed E-state index contributed by atoms with van der Waals surface area (Å²) >= 11 is 0. The number of hydrogen-bond acceptors (Lipinski definition) is 4. The molecule has 0 saturated carbocycles. The summed E-state index contributed by atoms with van der Waals surface area (Å²) in [6, 6.07) is 5.88. The lowest BCUT2D eigenvalue weighted by molar-refractivity contribution is -0.138. The van der Waals surface area contributed by atoms with E-state index in [1.54, 1.807) is 12.1 Å². The molecule has 0 spiro atoms. The second-order valence-electron chi connectivity index (χ2n) is 5.25. The van der Waals surface area contributed by atoms with Gasteiger partial charge in [-0.1, -0.05) is 12.1 Å². The van der Waals surface area contributed by atoms with Crippen molar-refractivity contribution in [2.45, 2.75) is 0 Å². The van der Waals surface area contributed by atoms with Gasteiger partial charge in [0.1, 0.15) is 5.82 Å². The molecule has 1 aliphatic rings. The van der Waals surface area contributed by atoms with Crippen LogP contribution in [-0.2, 0) is 4.79 Å². The molecule has 0 radical (unpaired) electrons. The molecule has 2 rings (SSSR count). The van der Waals surface area contributed by atoms with Gasteiger partial charge in [0.15, 0.2) is 0 Å². The van der Waals surface area contributed by atoms with E-state index in [0.717, 1.165) is 13.1 Å². The number of rotatable bonds is 6. The van der Waals surface area contributed by atoms with E-state index in [1.807, 2.05) is 4.90 Å². The van der Waals surface area contributed by atoms with Crippen molar-refractivity contribution in [2.24, 2.45) is 0 Å². The molecule has 7 heteroatoms. The Labute approximate surface area is 128 Å². The van der Waals surface area contributed by atoms with Gasteiger partial charge in [0, 0.05) is 39.3 Å². The first-order valence-electron chi connectivity index (χ1n) is 7.25. The quantitative estimate of drug-likeness (QED) is 0.788. The SMILES string of the molecule is O=C(O)CN1CCN(CCNC(=O)c2ccccc2F)CC1. The summed E-state index contributed by atoms with van der Waals surface area (Å²) in [5.41, 5.74) is 0.0498. The molecule has 0 aromatic heterocycles. The van der Waals surface area contributed by atoms with Gasteiger partial charge in [-0.3, -0.25) is 19.4 Å². The number of nitrogens with zero attached hydrogens (tertiary/aromatic N) is 2. The van der Waals surface area contributed by atoms with Crippen molar-refractivity contribution in [3.05, 3.63) is 35.6 Å². The Balaban J connectivity index is 1.68. The first kappa shape index (κ1) is 16.4. The molecule has 6 nitrogen and oxygen atoms in total. The summed E-state index contributed by atoms with van der Waals surface area (Å²) < 4.78 is 13.4. The van der Waals surface area contributed by atoms with Crippen molar-refractivity contribution < 1.29 is 19.1 Å². The van der Waals surface area contributed by atoms with Crippen LogP contribution in [0.3, 0.4) is 0 Å². The Bertz CT molecular complexity index is 531. The van der Waals surface area contributed by atoms with E-state index in [4.69, 9.17) is 5.11 Å². The maximum Gasteiger partial charge on any atom is 0.317 e. The topological polar surface area (TPSA) is 72.9 Å². The van der Waals surface area contributed by atoms with Crippen molar-refractivity contribution >= 4 is 11.9 Å². The number of carboxylic acids is 1. The van der Waals surface area contributed by atoms with Crippen molar-refractivity contribution in [1.82, 2.24) is 15.1 Å². The van der Waals surface area contributed by atoms with Gasteiger partial charge in [-0.2, -0.15) is 0 Å². The summed E-state index contributed by atoms with van der Waals surface area (Å²) in [5.74, 6) is -1.75. The molecule has 1 aliphatic heterocycles. The molecule has 1 fully saturated rings. The van der Waals surface area contributed by atoms with Gasteiger partial charge in [0.05, 0.1) is 12.1 Å². The predicted molar refractivity (Wildman–Crippen MR) is 79.2 cm³/mol. The molecule has 2 N–H and O–H groups in total. The van der Waals surface area contributed by atoms with E-state index >= 15 is 0 Å². The Morgan fingerprint density at radius 1 is 1.14 bits per heavy atom. The third-order valence-corrected chi connectivity index (χ3v) is 3.66. The molecule has 1 aromatic rings. The van der Waals surface area contributed by atoms with Crippen LogP contribution in [0.5, 0.6) is 0 Å². The fourth-order valence-electron chi connectivity index (χ4n) is 2.43. The van der Waals surface area contributed by atoms with Crippen molar-refractivity contribution in [3.8, 4) is 0 Å². The lowest BCUT2D eigenvalue weighted by Crippen LogP contribution is -2.49. The Morgan fingerprint density at radius 2 is 1.77 bits per heavy atom. The van der Waals surface area contributed by atoms with Crippen LogP contribution in [0.1, 0.15) is 10.4 Å². The molecule has 1 heterocycles. The Kier molecular flexibility index (Phi) is 5.85. The molecule has 1 amide bonds. The van der Waals surface area contributed by atoms with Gasteiger partial charge in [-0.05, 0) is 12.1 Å². The second kappa shape index (κ2) is 7.86. The van der Waals surface area contributed by atoms with Crippen LogP contribution in [-0.4, -0.2) is 72.6 Å². The Morgan fingerprint density at radius 3 is 2.41 bits per heavy atom. The number of benzene rings is 1. The van der Waals surface area contributed by atoms with Gasteiger partial charge < -0.3 is 10.4 Å². The largest absolute Gasteiger partial charge is 0.480 e. The minimum Gasteiger partial charge on any atom is -0.480 e. The van der Waals surface area contributed by atoms with Gasteiger partial charge in [-0.25, -0.2) is 4.39 Å². The van der Waals surface area contributed by atoms with E-state index in [0.29, 0.717) is 26.2 Å². The highest BCUT2D eigenvalue weighted by molar-refractivity contribution is 5.94. The molecule has 1 aromatic carbocycles. The molecule has 22 heavy (non-hydrogen) atoms. The van der Waals surface area contributed by atoms with Crippen LogP contribution in [0.25, 0.3) is 0 Å². The molecule has 120 valence electrons. The minimum absolute atomic E-state index is 0.0498. The number of halogens is 1.